The van der Waals surface area contributed by atoms with Crippen molar-refractivity contribution in [3.63, 3.8) is 0 Å². The van der Waals surface area contributed by atoms with E-state index >= 15 is 0 Å². The highest BCUT2D eigenvalue weighted by molar-refractivity contribution is 9.10. The van der Waals surface area contributed by atoms with Gasteiger partial charge in [-0.2, -0.15) is 0 Å². The standard InChI is InChI=1S/C13H21BrN2S.2ClH/c1-10(2)9-12(13-11(14)3-8-17-13)16-6-4-15-5-7-16;;/h3,8,10,12,15H,4-7,9H2,1-2H3;2*1H/t12-;;/m0../s1. The van der Waals surface area contributed by atoms with Crippen molar-refractivity contribution >= 4 is 52.1 Å². The molecule has 0 amide bonds. The van der Waals surface area contributed by atoms with Crippen molar-refractivity contribution in [2.75, 3.05) is 26.2 Å². The molecule has 0 spiro atoms. The van der Waals surface area contributed by atoms with Gasteiger partial charge in [-0.3, -0.25) is 4.90 Å². The van der Waals surface area contributed by atoms with Gasteiger partial charge in [-0.1, -0.05) is 13.8 Å². The maximum absolute atomic E-state index is 3.69. The second kappa shape index (κ2) is 9.59. The van der Waals surface area contributed by atoms with Crippen LogP contribution in [0, 0.1) is 5.92 Å². The lowest BCUT2D eigenvalue weighted by Crippen LogP contribution is -2.45. The van der Waals surface area contributed by atoms with Gasteiger partial charge in [-0.05, 0) is 39.7 Å². The van der Waals surface area contributed by atoms with Crippen LogP contribution in [0.4, 0.5) is 0 Å². The van der Waals surface area contributed by atoms with Gasteiger partial charge in [0.05, 0.1) is 0 Å². The molecule has 1 N–H and O–H groups in total. The Kier molecular flexibility index (Phi) is 9.93. The van der Waals surface area contributed by atoms with Crippen LogP contribution < -0.4 is 5.32 Å². The van der Waals surface area contributed by atoms with Crippen LogP contribution >= 0.6 is 52.1 Å². The average molecular weight is 390 g/mol. The Labute approximate surface area is 141 Å². The first-order valence-electron chi connectivity index (χ1n) is 6.36. The fourth-order valence-corrected chi connectivity index (χ4v) is 4.19. The first-order valence-corrected chi connectivity index (χ1v) is 8.03. The third-order valence-electron chi connectivity index (χ3n) is 3.23. The summed E-state index contributed by atoms with van der Waals surface area (Å²) in [5.74, 6) is 0.740. The van der Waals surface area contributed by atoms with Crippen LogP contribution in [-0.2, 0) is 0 Å². The molecule has 0 unspecified atom stereocenters. The number of hydrogen-bond donors (Lipinski definition) is 1. The molecule has 1 aliphatic rings. The number of hydrogen-bond acceptors (Lipinski definition) is 3. The van der Waals surface area contributed by atoms with Crippen molar-refractivity contribution in [3.05, 3.63) is 20.8 Å². The van der Waals surface area contributed by atoms with Crippen molar-refractivity contribution in [3.8, 4) is 0 Å². The molecular formula is C13H23BrCl2N2S. The molecule has 0 radical (unpaired) electrons. The molecule has 1 atom stereocenters. The summed E-state index contributed by atoms with van der Waals surface area (Å²) in [6.07, 6.45) is 1.25. The molecule has 0 aromatic carbocycles. The van der Waals surface area contributed by atoms with E-state index in [0.717, 1.165) is 19.0 Å². The van der Waals surface area contributed by atoms with E-state index in [-0.39, 0.29) is 24.8 Å². The van der Waals surface area contributed by atoms with Gasteiger partial charge < -0.3 is 5.32 Å². The minimum atomic E-state index is 0. The first-order chi connectivity index (χ1) is 8.18. The maximum Gasteiger partial charge on any atom is 0.0456 e. The van der Waals surface area contributed by atoms with Gasteiger partial charge in [-0.25, -0.2) is 0 Å². The minimum Gasteiger partial charge on any atom is -0.314 e. The smallest absolute Gasteiger partial charge is 0.0456 e. The van der Waals surface area contributed by atoms with Crippen molar-refractivity contribution in [1.82, 2.24) is 10.2 Å². The first kappa shape index (κ1) is 19.7. The Morgan fingerprint density at radius 3 is 2.42 bits per heavy atom. The molecular weight excluding hydrogens is 367 g/mol. The van der Waals surface area contributed by atoms with E-state index in [9.17, 15) is 0 Å². The van der Waals surface area contributed by atoms with E-state index in [2.05, 4.69) is 51.4 Å². The Bertz CT molecular complexity index is 354. The molecule has 2 heterocycles. The lowest BCUT2D eigenvalue weighted by Gasteiger charge is -2.35. The Hall–Kier alpha value is 0.680. The zero-order valence-electron chi connectivity index (χ0n) is 11.4. The van der Waals surface area contributed by atoms with Crippen molar-refractivity contribution in [2.45, 2.75) is 26.3 Å². The minimum absolute atomic E-state index is 0. The number of thiophene rings is 1. The summed E-state index contributed by atoms with van der Waals surface area (Å²) < 4.78 is 1.28. The van der Waals surface area contributed by atoms with Gasteiger partial charge in [0.1, 0.15) is 0 Å². The van der Waals surface area contributed by atoms with Gasteiger partial charge in [0, 0.05) is 41.6 Å². The van der Waals surface area contributed by atoms with Crippen LogP contribution in [0.2, 0.25) is 0 Å². The zero-order chi connectivity index (χ0) is 12.3. The van der Waals surface area contributed by atoms with E-state index in [4.69, 9.17) is 0 Å². The largest absolute Gasteiger partial charge is 0.314 e. The van der Waals surface area contributed by atoms with Crippen molar-refractivity contribution in [2.24, 2.45) is 5.92 Å². The zero-order valence-corrected chi connectivity index (χ0v) is 15.4. The lowest BCUT2D eigenvalue weighted by atomic mass is 10.0. The summed E-state index contributed by atoms with van der Waals surface area (Å²) in [5, 5.41) is 5.62. The molecule has 0 saturated carbocycles. The number of halogens is 3. The highest BCUT2D eigenvalue weighted by Gasteiger charge is 2.25. The van der Waals surface area contributed by atoms with Crippen LogP contribution in [0.1, 0.15) is 31.2 Å². The molecule has 2 rings (SSSR count). The van der Waals surface area contributed by atoms with E-state index in [1.54, 1.807) is 0 Å². The molecule has 0 bridgehead atoms. The van der Waals surface area contributed by atoms with E-state index in [1.807, 2.05) is 11.3 Å². The third kappa shape index (κ3) is 5.52. The third-order valence-corrected chi connectivity index (χ3v) is 5.21. The average Bonchev–Trinajstić information content (AvgIpc) is 2.73. The molecule has 112 valence electrons. The highest BCUT2D eigenvalue weighted by Crippen LogP contribution is 2.36. The maximum atomic E-state index is 3.69. The number of nitrogens with one attached hydrogen (secondary N) is 1. The summed E-state index contributed by atoms with van der Waals surface area (Å²) in [7, 11) is 0. The molecule has 1 aromatic heterocycles. The van der Waals surface area contributed by atoms with Gasteiger partial charge in [0.2, 0.25) is 0 Å². The quantitative estimate of drug-likeness (QED) is 0.823. The monoisotopic (exact) mass is 388 g/mol. The van der Waals surface area contributed by atoms with Crippen molar-refractivity contribution < 1.29 is 0 Å². The van der Waals surface area contributed by atoms with Gasteiger partial charge in [0.25, 0.3) is 0 Å². The van der Waals surface area contributed by atoms with Gasteiger partial charge >= 0.3 is 0 Å². The summed E-state index contributed by atoms with van der Waals surface area (Å²) >= 11 is 5.58. The molecule has 6 heteroatoms. The summed E-state index contributed by atoms with van der Waals surface area (Å²) in [4.78, 5) is 4.13. The molecule has 2 nitrogen and oxygen atoms in total. The second-order valence-electron chi connectivity index (χ2n) is 5.06. The summed E-state index contributed by atoms with van der Waals surface area (Å²) in [6.45, 7) is 9.21. The predicted molar refractivity (Wildman–Crippen MR) is 93.2 cm³/mol. The molecule has 0 aliphatic carbocycles. The van der Waals surface area contributed by atoms with Crippen molar-refractivity contribution in [1.29, 1.82) is 0 Å². The SMILES string of the molecule is CC(C)C[C@@H](c1sccc1Br)N1CCNCC1.Cl.Cl. The van der Waals surface area contributed by atoms with Crippen LogP contribution in [0.5, 0.6) is 0 Å². The number of nitrogens with zero attached hydrogens (tertiary/aromatic N) is 1. The van der Waals surface area contributed by atoms with E-state index in [1.165, 1.54) is 28.9 Å². The van der Waals surface area contributed by atoms with Crippen LogP contribution in [0.15, 0.2) is 15.9 Å². The Morgan fingerprint density at radius 2 is 1.95 bits per heavy atom. The fraction of sp³-hybridized carbons (Fsp3) is 0.692. The molecule has 1 aromatic rings. The second-order valence-corrected chi connectivity index (χ2v) is 6.87. The Balaban J connectivity index is 0.00000162. The normalized spacial score (nSPS) is 17.7. The highest BCUT2D eigenvalue weighted by atomic mass is 79.9. The van der Waals surface area contributed by atoms with Crippen LogP contribution in [-0.4, -0.2) is 31.1 Å². The Morgan fingerprint density at radius 1 is 1.32 bits per heavy atom. The van der Waals surface area contributed by atoms with Crippen LogP contribution in [0.25, 0.3) is 0 Å². The van der Waals surface area contributed by atoms with E-state index in [0.29, 0.717) is 6.04 Å². The lowest BCUT2D eigenvalue weighted by molar-refractivity contribution is 0.156. The summed E-state index contributed by atoms with van der Waals surface area (Å²) in [5.41, 5.74) is 0. The predicted octanol–water partition coefficient (Wildman–Crippen LogP) is 4.35. The summed E-state index contributed by atoms with van der Waals surface area (Å²) in [6, 6.07) is 2.77. The topological polar surface area (TPSA) is 15.3 Å². The molecule has 1 fully saturated rings. The van der Waals surface area contributed by atoms with Gasteiger partial charge in [-0.15, -0.1) is 36.2 Å². The van der Waals surface area contributed by atoms with Gasteiger partial charge in [0.15, 0.2) is 0 Å². The van der Waals surface area contributed by atoms with Crippen LogP contribution in [0.3, 0.4) is 0 Å². The molecule has 1 saturated heterocycles. The number of piperazine rings is 1. The van der Waals surface area contributed by atoms with E-state index < -0.39 is 0 Å². The molecule has 1 aliphatic heterocycles. The number of rotatable bonds is 4. The molecule has 19 heavy (non-hydrogen) atoms. The fourth-order valence-electron chi connectivity index (χ4n) is 2.41.